The van der Waals surface area contributed by atoms with Crippen LogP contribution < -0.4 is 4.74 Å². The predicted molar refractivity (Wildman–Crippen MR) is 69.7 cm³/mol. The van der Waals surface area contributed by atoms with Crippen molar-refractivity contribution in [2.45, 2.75) is 26.2 Å². The number of ether oxygens (including phenoxy) is 1. The smallest absolute Gasteiger partial charge is 0.239 e. The van der Waals surface area contributed by atoms with E-state index in [4.69, 9.17) is 4.74 Å². The normalized spacial score (nSPS) is 14.3. The van der Waals surface area contributed by atoms with Crippen molar-refractivity contribution in [3.63, 3.8) is 0 Å². The maximum Gasteiger partial charge on any atom is 0.239 e. The summed E-state index contributed by atoms with van der Waals surface area (Å²) in [6, 6.07) is 3.77. The zero-order chi connectivity index (χ0) is 13.4. The standard InChI is InChI=1S/C14H15N3O2/c1-9-11-8-10(18)5-6-12(11)16-17(9)13-4-3-7-15-14(13)19-2/h3-4,7H,5-6,8H2,1-2H3. The highest BCUT2D eigenvalue weighted by Gasteiger charge is 2.23. The van der Waals surface area contributed by atoms with Gasteiger partial charge in [-0.25, -0.2) is 9.67 Å². The number of aromatic nitrogens is 3. The summed E-state index contributed by atoms with van der Waals surface area (Å²) in [5.41, 5.74) is 3.88. The number of fused-ring (bicyclic) bond motifs is 1. The Kier molecular flexibility index (Phi) is 2.81. The van der Waals surface area contributed by atoms with Gasteiger partial charge in [0.05, 0.1) is 12.8 Å². The van der Waals surface area contributed by atoms with Crippen LogP contribution >= 0.6 is 0 Å². The van der Waals surface area contributed by atoms with Gasteiger partial charge < -0.3 is 4.74 Å². The molecule has 3 rings (SSSR count). The van der Waals surface area contributed by atoms with Gasteiger partial charge in [0.1, 0.15) is 11.5 Å². The van der Waals surface area contributed by atoms with Crippen LogP contribution in [0.25, 0.3) is 5.69 Å². The zero-order valence-corrected chi connectivity index (χ0v) is 11.0. The molecular weight excluding hydrogens is 242 g/mol. The Morgan fingerprint density at radius 2 is 2.21 bits per heavy atom. The average Bonchev–Trinajstić information content (AvgIpc) is 2.76. The first kappa shape index (κ1) is 11.9. The number of aryl methyl sites for hydroxylation is 1. The number of Topliss-reactive ketones (excluding diaryl/α,β-unsaturated/α-hetero) is 1. The summed E-state index contributed by atoms with van der Waals surface area (Å²) in [5, 5.41) is 4.61. The first-order valence-electron chi connectivity index (χ1n) is 6.29. The fraction of sp³-hybridized carbons (Fsp3) is 0.357. The molecule has 0 bridgehead atoms. The van der Waals surface area contributed by atoms with Gasteiger partial charge in [0.15, 0.2) is 0 Å². The van der Waals surface area contributed by atoms with E-state index in [1.807, 2.05) is 23.7 Å². The minimum Gasteiger partial charge on any atom is -0.479 e. The summed E-state index contributed by atoms with van der Waals surface area (Å²) in [6.07, 6.45) is 3.49. The van der Waals surface area contributed by atoms with Crippen molar-refractivity contribution in [3.05, 3.63) is 35.3 Å². The molecule has 2 aromatic rings. The molecule has 2 heterocycles. The van der Waals surface area contributed by atoms with Gasteiger partial charge in [-0.3, -0.25) is 4.79 Å². The van der Waals surface area contributed by atoms with Crippen LogP contribution in [0.3, 0.4) is 0 Å². The monoisotopic (exact) mass is 257 g/mol. The summed E-state index contributed by atoms with van der Waals surface area (Å²) in [7, 11) is 1.59. The number of hydrogen-bond donors (Lipinski definition) is 0. The number of carbonyl (C=O) groups is 1. The van der Waals surface area contributed by atoms with E-state index in [9.17, 15) is 4.79 Å². The molecule has 0 spiro atoms. The van der Waals surface area contributed by atoms with Crippen LogP contribution in [0, 0.1) is 6.92 Å². The molecule has 0 unspecified atom stereocenters. The molecule has 0 N–H and O–H groups in total. The second kappa shape index (κ2) is 4.50. The molecule has 0 saturated heterocycles. The van der Waals surface area contributed by atoms with E-state index in [1.54, 1.807) is 13.3 Å². The van der Waals surface area contributed by atoms with E-state index in [2.05, 4.69) is 10.1 Å². The van der Waals surface area contributed by atoms with Gasteiger partial charge in [0.25, 0.3) is 0 Å². The molecule has 98 valence electrons. The predicted octanol–water partition coefficient (Wildman–Crippen LogP) is 1.64. The van der Waals surface area contributed by atoms with Crippen molar-refractivity contribution in [2.24, 2.45) is 0 Å². The number of nitrogens with zero attached hydrogens (tertiary/aromatic N) is 3. The van der Waals surface area contributed by atoms with Crippen LogP contribution in [-0.4, -0.2) is 27.7 Å². The van der Waals surface area contributed by atoms with Crippen molar-refractivity contribution in [2.75, 3.05) is 7.11 Å². The second-order valence-electron chi connectivity index (χ2n) is 4.67. The molecule has 0 amide bonds. The third-order valence-electron chi connectivity index (χ3n) is 3.51. The van der Waals surface area contributed by atoms with Crippen molar-refractivity contribution in [3.8, 4) is 11.6 Å². The fourth-order valence-electron chi connectivity index (χ4n) is 2.50. The molecule has 2 aromatic heterocycles. The van der Waals surface area contributed by atoms with Crippen molar-refractivity contribution < 1.29 is 9.53 Å². The zero-order valence-electron chi connectivity index (χ0n) is 11.0. The Morgan fingerprint density at radius 3 is 3.00 bits per heavy atom. The third kappa shape index (κ3) is 1.91. The van der Waals surface area contributed by atoms with Crippen LogP contribution in [0.15, 0.2) is 18.3 Å². The van der Waals surface area contributed by atoms with Crippen LogP contribution in [0.4, 0.5) is 0 Å². The molecule has 1 aliphatic carbocycles. The highest BCUT2D eigenvalue weighted by atomic mass is 16.5. The molecule has 19 heavy (non-hydrogen) atoms. The van der Waals surface area contributed by atoms with Crippen LogP contribution in [0.2, 0.25) is 0 Å². The quantitative estimate of drug-likeness (QED) is 0.820. The lowest BCUT2D eigenvalue weighted by Gasteiger charge is -2.09. The van der Waals surface area contributed by atoms with Gasteiger partial charge in [-0.05, 0) is 25.5 Å². The van der Waals surface area contributed by atoms with Gasteiger partial charge in [0.2, 0.25) is 5.88 Å². The lowest BCUT2D eigenvalue weighted by atomic mass is 9.95. The number of carbonyl (C=O) groups excluding carboxylic acids is 1. The Labute approximate surface area is 111 Å². The molecule has 0 aromatic carbocycles. The van der Waals surface area contributed by atoms with Crippen molar-refractivity contribution >= 4 is 5.78 Å². The van der Waals surface area contributed by atoms with Gasteiger partial charge in [-0.1, -0.05) is 0 Å². The topological polar surface area (TPSA) is 57.0 Å². The molecule has 0 saturated carbocycles. The Hall–Kier alpha value is -2.17. The fourth-order valence-corrected chi connectivity index (χ4v) is 2.50. The van der Waals surface area contributed by atoms with E-state index < -0.39 is 0 Å². The summed E-state index contributed by atoms with van der Waals surface area (Å²) < 4.78 is 7.10. The van der Waals surface area contributed by atoms with E-state index in [0.29, 0.717) is 18.7 Å². The summed E-state index contributed by atoms with van der Waals surface area (Å²) >= 11 is 0. The maximum atomic E-state index is 11.6. The number of ketones is 1. The van der Waals surface area contributed by atoms with Crippen molar-refractivity contribution in [1.29, 1.82) is 0 Å². The number of hydrogen-bond acceptors (Lipinski definition) is 4. The highest BCUT2D eigenvalue weighted by molar-refractivity contribution is 5.83. The minimum absolute atomic E-state index is 0.285. The third-order valence-corrected chi connectivity index (χ3v) is 3.51. The van der Waals surface area contributed by atoms with Gasteiger partial charge in [0, 0.05) is 30.3 Å². The average molecular weight is 257 g/mol. The van der Waals surface area contributed by atoms with E-state index in [-0.39, 0.29) is 5.78 Å². The highest BCUT2D eigenvalue weighted by Crippen LogP contribution is 2.27. The first-order valence-corrected chi connectivity index (χ1v) is 6.29. The molecule has 0 fully saturated rings. The first-order chi connectivity index (χ1) is 9.20. The van der Waals surface area contributed by atoms with E-state index in [0.717, 1.165) is 29.1 Å². The van der Waals surface area contributed by atoms with Crippen LogP contribution in [-0.2, 0) is 17.6 Å². The second-order valence-corrected chi connectivity index (χ2v) is 4.67. The maximum absolute atomic E-state index is 11.6. The summed E-state index contributed by atoms with van der Waals surface area (Å²) in [6.45, 7) is 1.98. The Morgan fingerprint density at radius 1 is 1.37 bits per heavy atom. The molecule has 5 nitrogen and oxygen atoms in total. The van der Waals surface area contributed by atoms with Crippen LogP contribution in [0.5, 0.6) is 5.88 Å². The summed E-state index contributed by atoms with van der Waals surface area (Å²) in [4.78, 5) is 15.8. The van der Waals surface area contributed by atoms with Crippen LogP contribution in [0.1, 0.15) is 23.4 Å². The molecular formula is C14H15N3O2. The van der Waals surface area contributed by atoms with Gasteiger partial charge in [-0.15, -0.1) is 0 Å². The van der Waals surface area contributed by atoms with Crippen molar-refractivity contribution in [1.82, 2.24) is 14.8 Å². The lowest BCUT2D eigenvalue weighted by Crippen LogP contribution is -2.12. The summed E-state index contributed by atoms with van der Waals surface area (Å²) in [5.74, 6) is 0.824. The van der Waals surface area contributed by atoms with Gasteiger partial charge in [-0.2, -0.15) is 5.10 Å². The molecule has 1 aliphatic rings. The largest absolute Gasteiger partial charge is 0.479 e. The SMILES string of the molecule is COc1ncccc1-n1nc2c(c1C)CC(=O)CC2. The minimum atomic E-state index is 0.285. The molecule has 5 heteroatoms. The number of rotatable bonds is 2. The molecule has 0 radical (unpaired) electrons. The Bertz CT molecular complexity index is 646. The van der Waals surface area contributed by atoms with E-state index in [1.165, 1.54) is 0 Å². The van der Waals surface area contributed by atoms with Gasteiger partial charge >= 0.3 is 0 Å². The molecule has 0 atom stereocenters. The number of methoxy groups -OCH3 is 1. The lowest BCUT2D eigenvalue weighted by molar-refractivity contribution is -0.118. The Balaban J connectivity index is 2.14. The molecule has 0 aliphatic heterocycles. The van der Waals surface area contributed by atoms with E-state index >= 15 is 0 Å². The number of pyridine rings is 1.